The first kappa shape index (κ1) is 15.6. The summed E-state index contributed by atoms with van der Waals surface area (Å²) >= 11 is 0. The molecule has 0 saturated carbocycles. The molecule has 5 nitrogen and oxygen atoms in total. The zero-order valence-electron chi connectivity index (χ0n) is 12.7. The molecule has 1 aromatic carbocycles. The van der Waals surface area contributed by atoms with E-state index in [9.17, 15) is 4.79 Å². The van der Waals surface area contributed by atoms with Crippen LogP contribution < -0.4 is 10.1 Å². The van der Waals surface area contributed by atoms with Gasteiger partial charge in [0, 0.05) is 19.6 Å². The number of carbonyl (C=O) groups excluding carboxylic acids is 1. The Morgan fingerprint density at radius 2 is 1.95 bits per heavy atom. The molecule has 1 aromatic rings. The highest BCUT2D eigenvalue weighted by atomic mass is 16.5. The average Bonchev–Trinajstić information content (AvgIpc) is 2.47. The maximum absolute atomic E-state index is 12.0. The predicted molar refractivity (Wildman–Crippen MR) is 81.5 cm³/mol. The summed E-state index contributed by atoms with van der Waals surface area (Å²) in [6.45, 7) is 6.49. The summed E-state index contributed by atoms with van der Waals surface area (Å²) in [6, 6.07) is 9.67. The number of amides is 2. The van der Waals surface area contributed by atoms with Crippen LogP contribution in [-0.2, 0) is 4.74 Å². The van der Waals surface area contributed by atoms with Gasteiger partial charge >= 0.3 is 6.03 Å². The SMILES string of the molecule is CC1CN(C(=O)NCCCOc2ccccc2)CC(C)O1. The number of nitrogens with zero attached hydrogens (tertiary/aromatic N) is 1. The van der Waals surface area contributed by atoms with E-state index in [1.54, 1.807) is 0 Å². The lowest BCUT2D eigenvalue weighted by atomic mass is 10.2. The predicted octanol–water partition coefficient (Wildman–Crippen LogP) is 2.27. The fourth-order valence-electron chi connectivity index (χ4n) is 2.43. The van der Waals surface area contributed by atoms with Crippen LogP contribution in [-0.4, -0.2) is 49.4 Å². The first-order valence-electron chi connectivity index (χ1n) is 7.51. The van der Waals surface area contributed by atoms with Crippen molar-refractivity contribution in [2.24, 2.45) is 0 Å². The van der Waals surface area contributed by atoms with E-state index < -0.39 is 0 Å². The zero-order valence-corrected chi connectivity index (χ0v) is 12.7. The highest BCUT2D eigenvalue weighted by Crippen LogP contribution is 2.10. The van der Waals surface area contributed by atoms with Crippen molar-refractivity contribution in [3.8, 4) is 5.75 Å². The van der Waals surface area contributed by atoms with E-state index in [0.717, 1.165) is 12.2 Å². The van der Waals surface area contributed by atoms with E-state index in [1.807, 2.05) is 49.1 Å². The molecule has 1 aliphatic rings. The van der Waals surface area contributed by atoms with Crippen molar-refractivity contribution in [1.29, 1.82) is 0 Å². The Balaban J connectivity index is 1.61. The summed E-state index contributed by atoms with van der Waals surface area (Å²) in [6.07, 6.45) is 0.984. The Morgan fingerprint density at radius 3 is 2.62 bits per heavy atom. The molecule has 21 heavy (non-hydrogen) atoms. The fraction of sp³-hybridized carbons (Fsp3) is 0.562. The maximum Gasteiger partial charge on any atom is 0.317 e. The second-order valence-electron chi connectivity index (χ2n) is 5.41. The van der Waals surface area contributed by atoms with Crippen LogP contribution in [0.2, 0.25) is 0 Å². The third-order valence-corrected chi connectivity index (χ3v) is 3.32. The van der Waals surface area contributed by atoms with Gasteiger partial charge in [-0.2, -0.15) is 0 Å². The number of ether oxygens (including phenoxy) is 2. The molecule has 1 saturated heterocycles. The van der Waals surface area contributed by atoms with Crippen LogP contribution in [0.3, 0.4) is 0 Å². The minimum Gasteiger partial charge on any atom is -0.494 e. The van der Waals surface area contributed by atoms with Crippen molar-refractivity contribution < 1.29 is 14.3 Å². The normalized spacial score (nSPS) is 21.9. The number of hydrogen-bond acceptors (Lipinski definition) is 3. The van der Waals surface area contributed by atoms with Crippen molar-refractivity contribution in [2.75, 3.05) is 26.2 Å². The largest absolute Gasteiger partial charge is 0.494 e. The van der Waals surface area contributed by atoms with Crippen LogP contribution in [0.4, 0.5) is 4.79 Å². The summed E-state index contributed by atoms with van der Waals surface area (Å²) < 4.78 is 11.2. The quantitative estimate of drug-likeness (QED) is 0.847. The standard InChI is InChI=1S/C16H24N2O3/c1-13-11-18(12-14(2)21-13)16(19)17-9-6-10-20-15-7-4-3-5-8-15/h3-5,7-8,13-14H,6,9-12H2,1-2H3,(H,17,19). The molecule has 0 radical (unpaired) electrons. The van der Waals surface area contributed by atoms with Gasteiger partial charge in [-0.05, 0) is 32.4 Å². The molecule has 2 amide bonds. The number of rotatable bonds is 5. The molecule has 2 atom stereocenters. The molecule has 0 aliphatic carbocycles. The zero-order chi connectivity index (χ0) is 15.1. The van der Waals surface area contributed by atoms with Gasteiger partial charge in [0.05, 0.1) is 18.8 Å². The Bertz CT molecular complexity index is 428. The lowest BCUT2D eigenvalue weighted by molar-refractivity contribution is -0.0545. The van der Waals surface area contributed by atoms with Crippen LogP contribution in [0.5, 0.6) is 5.75 Å². The van der Waals surface area contributed by atoms with Gasteiger partial charge in [0.1, 0.15) is 5.75 Å². The molecule has 0 spiro atoms. The number of urea groups is 1. The number of nitrogens with one attached hydrogen (secondary N) is 1. The smallest absolute Gasteiger partial charge is 0.317 e. The van der Waals surface area contributed by atoms with E-state index in [2.05, 4.69) is 5.32 Å². The van der Waals surface area contributed by atoms with Gasteiger partial charge in [-0.15, -0.1) is 0 Å². The molecular formula is C16H24N2O3. The topological polar surface area (TPSA) is 50.8 Å². The summed E-state index contributed by atoms with van der Waals surface area (Å²) in [7, 11) is 0. The number of para-hydroxylation sites is 1. The maximum atomic E-state index is 12.0. The van der Waals surface area contributed by atoms with Gasteiger partial charge in [0.2, 0.25) is 0 Å². The first-order valence-corrected chi connectivity index (χ1v) is 7.51. The second kappa shape index (κ2) is 7.88. The summed E-state index contributed by atoms with van der Waals surface area (Å²) in [5.74, 6) is 0.861. The first-order chi connectivity index (χ1) is 10.1. The molecule has 116 valence electrons. The fourth-order valence-corrected chi connectivity index (χ4v) is 2.43. The lowest BCUT2D eigenvalue weighted by Gasteiger charge is -2.35. The van der Waals surface area contributed by atoms with Crippen LogP contribution in [0, 0.1) is 0 Å². The molecule has 2 unspecified atom stereocenters. The average molecular weight is 292 g/mol. The Labute approximate surface area is 126 Å². The molecule has 5 heteroatoms. The number of benzene rings is 1. The molecule has 1 N–H and O–H groups in total. The van der Waals surface area contributed by atoms with Gasteiger partial charge in [-0.3, -0.25) is 0 Å². The molecule has 1 aliphatic heterocycles. The van der Waals surface area contributed by atoms with E-state index in [4.69, 9.17) is 9.47 Å². The molecule has 0 bridgehead atoms. The van der Waals surface area contributed by atoms with Crippen molar-refractivity contribution in [1.82, 2.24) is 10.2 Å². The van der Waals surface area contributed by atoms with Crippen LogP contribution in [0.15, 0.2) is 30.3 Å². The van der Waals surface area contributed by atoms with Gasteiger partial charge in [-0.25, -0.2) is 4.79 Å². The van der Waals surface area contributed by atoms with E-state index in [0.29, 0.717) is 26.2 Å². The van der Waals surface area contributed by atoms with Gasteiger partial charge in [-0.1, -0.05) is 18.2 Å². The highest BCUT2D eigenvalue weighted by molar-refractivity contribution is 5.74. The highest BCUT2D eigenvalue weighted by Gasteiger charge is 2.25. The Morgan fingerprint density at radius 1 is 1.29 bits per heavy atom. The third kappa shape index (κ3) is 5.27. The number of carbonyl (C=O) groups is 1. The Hall–Kier alpha value is -1.75. The van der Waals surface area contributed by atoms with Crippen molar-refractivity contribution in [3.05, 3.63) is 30.3 Å². The number of hydrogen-bond donors (Lipinski definition) is 1. The molecule has 1 heterocycles. The van der Waals surface area contributed by atoms with E-state index >= 15 is 0 Å². The minimum atomic E-state index is -0.0169. The lowest BCUT2D eigenvalue weighted by Crippen LogP contribution is -2.51. The van der Waals surface area contributed by atoms with Crippen LogP contribution >= 0.6 is 0 Å². The second-order valence-corrected chi connectivity index (χ2v) is 5.41. The van der Waals surface area contributed by atoms with Crippen LogP contribution in [0.1, 0.15) is 20.3 Å². The minimum absolute atomic E-state index is 0.0169. The van der Waals surface area contributed by atoms with E-state index in [1.165, 1.54) is 0 Å². The van der Waals surface area contributed by atoms with Gasteiger partial charge < -0.3 is 19.7 Å². The molecular weight excluding hydrogens is 268 g/mol. The Kier molecular flexibility index (Phi) is 5.87. The van der Waals surface area contributed by atoms with Crippen molar-refractivity contribution in [3.63, 3.8) is 0 Å². The van der Waals surface area contributed by atoms with E-state index in [-0.39, 0.29) is 18.2 Å². The molecule has 0 aromatic heterocycles. The van der Waals surface area contributed by atoms with Gasteiger partial charge in [0.15, 0.2) is 0 Å². The third-order valence-electron chi connectivity index (χ3n) is 3.32. The summed E-state index contributed by atoms with van der Waals surface area (Å²) in [5.41, 5.74) is 0. The van der Waals surface area contributed by atoms with Crippen molar-refractivity contribution >= 4 is 6.03 Å². The summed E-state index contributed by atoms with van der Waals surface area (Å²) in [5, 5.41) is 2.93. The summed E-state index contributed by atoms with van der Waals surface area (Å²) in [4.78, 5) is 13.9. The van der Waals surface area contributed by atoms with Crippen LogP contribution in [0.25, 0.3) is 0 Å². The number of morpholine rings is 1. The monoisotopic (exact) mass is 292 g/mol. The van der Waals surface area contributed by atoms with Crippen molar-refractivity contribution in [2.45, 2.75) is 32.5 Å². The van der Waals surface area contributed by atoms with Gasteiger partial charge in [0.25, 0.3) is 0 Å². The molecule has 1 fully saturated rings. The molecule has 2 rings (SSSR count).